The van der Waals surface area contributed by atoms with Gasteiger partial charge in [-0.3, -0.25) is 0 Å². The molecule has 26 heavy (non-hydrogen) atoms. The van der Waals surface area contributed by atoms with Crippen molar-refractivity contribution in [2.75, 3.05) is 45.9 Å². The zero-order chi connectivity index (χ0) is 18.9. The van der Waals surface area contributed by atoms with Crippen molar-refractivity contribution in [1.29, 1.82) is 0 Å². The Bertz CT molecular complexity index is 442. The predicted molar refractivity (Wildman–Crippen MR) is 102 cm³/mol. The summed E-state index contributed by atoms with van der Waals surface area (Å²) in [7, 11) is 0. The van der Waals surface area contributed by atoms with E-state index in [1.54, 1.807) is 4.90 Å². The molecule has 0 saturated carbocycles. The maximum atomic E-state index is 12.0. The average Bonchev–Trinajstić information content (AvgIpc) is 2.59. The number of amides is 3. The van der Waals surface area contributed by atoms with E-state index in [0.29, 0.717) is 26.2 Å². The number of urea groups is 1. The minimum atomic E-state index is -0.253. The Morgan fingerprint density at radius 1 is 1.12 bits per heavy atom. The molecule has 0 radical (unpaired) electrons. The SMILES string of the molecule is CCOC(=O)N1CCC(NC(=O)NCCCN2CC(C)CC(C)C2)CC1. The Morgan fingerprint density at radius 3 is 2.38 bits per heavy atom. The van der Waals surface area contributed by atoms with Gasteiger partial charge in [0.15, 0.2) is 0 Å². The number of piperidine rings is 2. The molecular formula is C19H36N4O3. The number of hydrogen-bond acceptors (Lipinski definition) is 4. The van der Waals surface area contributed by atoms with Crippen LogP contribution in [0.4, 0.5) is 9.59 Å². The van der Waals surface area contributed by atoms with E-state index in [1.165, 1.54) is 19.5 Å². The van der Waals surface area contributed by atoms with Gasteiger partial charge in [-0.15, -0.1) is 0 Å². The summed E-state index contributed by atoms with van der Waals surface area (Å²) < 4.78 is 5.01. The molecule has 7 heteroatoms. The number of nitrogens with one attached hydrogen (secondary N) is 2. The largest absolute Gasteiger partial charge is 0.450 e. The standard InChI is InChI=1S/C19H36N4O3/c1-4-26-19(25)23-10-6-17(7-11-23)21-18(24)20-8-5-9-22-13-15(2)12-16(3)14-22/h15-17H,4-14H2,1-3H3,(H2,20,21,24). The smallest absolute Gasteiger partial charge is 0.409 e. The van der Waals surface area contributed by atoms with Gasteiger partial charge in [-0.1, -0.05) is 13.8 Å². The fraction of sp³-hybridized carbons (Fsp3) is 0.895. The molecule has 2 rings (SSSR count). The zero-order valence-electron chi connectivity index (χ0n) is 16.6. The highest BCUT2D eigenvalue weighted by atomic mass is 16.6. The van der Waals surface area contributed by atoms with E-state index in [0.717, 1.165) is 37.6 Å². The molecule has 0 aliphatic carbocycles. The lowest BCUT2D eigenvalue weighted by Crippen LogP contribution is -2.49. The molecule has 2 aliphatic heterocycles. The summed E-state index contributed by atoms with van der Waals surface area (Å²) in [5.41, 5.74) is 0. The Labute approximate surface area is 157 Å². The summed E-state index contributed by atoms with van der Waals surface area (Å²) in [4.78, 5) is 27.9. The predicted octanol–water partition coefficient (Wildman–Crippen LogP) is 2.27. The van der Waals surface area contributed by atoms with Gasteiger partial charge < -0.3 is 25.2 Å². The van der Waals surface area contributed by atoms with Crippen LogP contribution in [-0.2, 0) is 4.74 Å². The topological polar surface area (TPSA) is 73.9 Å². The molecule has 2 N–H and O–H groups in total. The minimum Gasteiger partial charge on any atom is -0.450 e. The molecule has 0 aromatic rings. The van der Waals surface area contributed by atoms with Crippen molar-refractivity contribution in [3.8, 4) is 0 Å². The Balaban J connectivity index is 1.55. The fourth-order valence-electron chi connectivity index (χ4n) is 4.14. The number of likely N-dealkylation sites (tertiary alicyclic amines) is 2. The number of ether oxygens (including phenoxy) is 1. The van der Waals surface area contributed by atoms with E-state index in [9.17, 15) is 9.59 Å². The maximum Gasteiger partial charge on any atom is 0.409 e. The summed E-state index contributed by atoms with van der Waals surface area (Å²) in [5.74, 6) is 1.55. The zero-order valence-corrected chi connectivity index (χ0v) is 16.6. The second kappa shape index (κ2) is 10.6. The summed E-state index contributed by atoms with van der Waals surface area (Å²) in [5, 5.41) is 5.98. The summed E-state index contributed by atoms with van der Waals surface area (Å²) >= 11 is 0. The van der Waals surface area contributed by atoms with Crippen molar-refractivity contribution >= 4 is 12.1 Å². The second-order valence-corrected chi connectivity index (χ2v) is 7.92. The highest BCUT2D eigenvalue weighted by molar-refractivity contribution is 5.74. The molecule has 2 aliphatic rings. The lowest BCUT2D eigenvalue weighted by molar-refractivity contribution is 0.0957. The number of carbonyl (C=O) groups excluding carboxylic acids is 2. The first-order valence-electron chi connectivity index (χ1n) is 10.2. The van der Waals surface area contributed by atoms with Gasteiger partial charge in [-0.2, -0.15) is 0 Å². The Morgan fingerprint density at radius 2 is 1.77 bits per heavy atom. The van der Waals surface area contributed by atoms with Crippen LogP contribution < -0.4 is 10.6 Å². The fourth-order valence-corrected chi connectivity index (χ4v) is 4.14. The van der Waals surface area contributed by atoms with E-state index in [1.807, 2.05) is 6.92 Å². The highest BCUT2D eigenvalue weighted by Gasteiger charge is 2.24. The van der Waals surface area contributed by atoms with Crippen molar-refractivity contribution in [3.63, 3.8) is 0 Å². The number of rotatable bonds is 6. The van der Waals surface area contributed by atoms with Gasteiger partial charge >= 0.3 is 12.1 Å². The normalized spacial score (nSPS) is 25.0. The summed E-state index contributed by atoms with van der Waals surface area (Å²) in [6.45, 7) is 12.2. The van der Waals surface area contributed by atoms with Crippen LogP contribution in [0.15, 0.2) is 0 Å². The Hall–Kier alpha value is -1.50. The lowest BCUT2D eigenvalue weighted by Gasteiger charge is -2.35. The lowest BCUT2D eigenvalue weighted by atomic mass is 9.92. The molecule has 2 unspecified atom stereocenters. The van der Waals surface area contributed by atoms with Crippen LogP contribution in [0.2, 0.25) is 0 Å². The Kier molecular flexibility index (Phi) is 8.48. The highest BCUT2D eigenvalue weighted by Crippen LogP contribution is 2.20. The summed E-state index contributed by atoms with van der Waals surface area (Å²) in [6.07, 6.45) is 3.60. The average molecular weight is 369 g/mol. The third-order valence-electron chi connectivity index (χ3n) is 5.24. The molecular weight excluding hydrogens is 332 g/mol. The first kappa shape index (κ1) is 20.8. The molecule has 0 bridgehead atoms. The molecule has 7 nitrogen and oxygen atoms in total. The van der Waals surface area contributed by atoms with Gasteiger partial charge in [0.1, 0.15) is 0 Å². The van der Waals surface area contributed by atoms with Crippen LogP contribution in [0.3, 0.4) is 0 Å². The molecule has 0 spiro atoms. The molecule has 0 aromatic carbocycles. The quantitative estimate of drug-likeness (QED) is 0.706. The van der Waals surface area contributed by atoms with Crippen molar-refractivity contribution < 1.29 is 14.3 Å². The third-order valence-corrected chi connectivity index (χ3v) is 5.24. The van der Waals surface area contributed by atoms with E-state index < -0.39 is 0 Å². The van der Waals surface area contributed by atoms with Gasteiger partial charge in [0.25, 0.3) is 0 Å². The van der Waals surface area contributed by atoms with Gasteiger partial charge in [0, 0.05) is 38.8 Å². The molecule has 2 atom stereocenters. The van der Waals surface area contributed by atoms with E-state index in [-0.39, 0.29) is 18.2 Å². The van der Waals surface area contributed by atoms with Crippen LogP contribution in [0, 0.1) is 11.8 Å². The van der Waals surface area contributed by atoms with Gasteiger partial charge in [-0.05, 0) is 51.0 Å². The van der Waals surface area contributed by atoms with Gasteiger partial charge in [-0.25, -0.2) is 9.59 Å². The van der Waals surface area contributed by atoms with Crippen LogP contribution in [0.1, 0.15) is 46.5 Å². The van der Waals surface area contributed by atoms with Crippen LogP contribution in [0.25, 0.3) is 0 Å². The van der Waals surface area contributed by atoms with Crippen LogP contribution >= 0.6 is 0 Å². The first-order chi connectivity index (χ1) is 12.5. The van der Waals surface area contributed by atoms with Crippen molar-refractivity contribution in [3.05, 3.63) is 0 Å². The third kappa shape index (κ3) is 7.02. The molecule has 0 aromatic heterocycles. The van der Waals surface area contributed by atoms with E-state index in [4.69, 9.17) is 4.74 Å². The van der Waals surface area contributed by atoms with E-state index >= 15 is 0 Å². The van der Waals surface area contributed by atoms with Gasteiger partial charge in [0.05, 0.1) is 6.61 Å². The molecule has 2 saturated heterocycles. The number of hydrogen-bond donors (Lipinski definition) is 2. The van der Waals surface area contributed by atoms with Gasteiger partial charge in [0.2, 0.25) is 0 Å². The summed E-state index contributed by atoms with van der Waals surface area (Å²) in [6, 6.07) is 0.0319. The van der Waals surface area contributed by atoms with E-state index in [2.05, 4.69) is 29.4 Å². The number of nitrogens with zero attached hydrogens (tertiary/aromatic N) is 2. The number of carbonyl (C=O) groups is 2. The first-order valence-corrected chi connectivity index (χ1v) is 10.2. The monoisotopic (exact) mass is 368 g/mol. The van der Waals surface area contributed by atoms with Crippen molar-refractivity contribution in [2.24, 2.45) is 11.8 Å². The second-order valence-electron chi connectivity index (χ2n) is 7.92. The molecule has 3 amide bonds. The van der Waals surface area contributed by atoms with Crippen molar-refractivity contribution in [1.82, 2.24) is 20.4 Å². The molecule has 150 valence electrons. The van der Waals surface area contributed by atoms with Crippen LogP contribution in [-0.4, -0.2) is 73.8 Å². The van der Waals surface area contributed by atoms with Crippen molar-refractivity contribution in [2.45, 2.75) is 52.5 Å². The molecule has 2 fully saturated rings. The maximum absolute atomic E-state index is 12.0. The molecule has 2 heterocycles. The minimum absolute atomic E-state index is 0.0973. The van der Waals surface area contributed by atoms with Crippen LogP contribution in [0.5, 0.6) is 0 Å².